The first-order valence-corrected chi connectivity index (χ1v) is 11.8. The summed E-state index contributed by atoms with van der Waals surface area (Å²) in [5.41, 5.74) is 6.05. The van der Waals surface area contributed by atoms with E-state index in [0.29, 0.717) is 42.2 Å². The van der Waals surface area contributed by atoms with Crippen LogP contribution in [0.3, 0.4) is 0 Å². The number of nitrogens with zero attached hydrogens (tertiary/aromatic N) is 3. The summed E-state index contributed by atoms with van der Waals surface area (Å²) in [6, 6.07) is 3.76. The van der Waals surface area contributed by atoms with Gasteiger partial charge in [-0.3, -0.25) is 9.48 Å². The number of phenolic OH excluding ortho intramolecular Hbond substituents is 1. The summed E-state index contributed by atoms with van der Waals surface area (Å²) in [7, 11) is 0. The van der Waals surface area contributed by atoms with Crippen LogP contribution in [0.1, 0.15) is 65.7 Å². The van der Waals surface area contributed by atoms with E-state index in [0.717, 1.165) is 25.6 Å². The van der Waals surface area contributed by atoms with Crippen molar-refractivity contribution in [3.05, 3.63) is 47.4 Å². The number of carbonyl (C=O) groups excluding carboxylic acids is 1. The molecule has 0 bridgehead atoms. The van der Waals surface area contributed by atoms with Gasteiger partial charge in [-0.15, -0.1) is 0 Å². The van der Waals surface area contributed by atoms with Crippen LogP contribution < -0.4 is 16.4 Å². The number of anilines is 1. The van der Waals surface area contributed by atoms with Gasteiger partial charge < -0.3 is 21.5 Å². The van der Waals surface area contributed by atoms with Gasteiger partial charge in [0.2, 0.25) is 0 Å². The van der Waals surface area contributed by atoms with Gasteiger partial charge in [-0.1, -0.05) is 0 Å². The first-order valence-electron chi connectivity index (χ1n) is 11.8. The second kappa shape index (κ2) is 9.03. The molecule has 1 aliphatic carbocycles. The first-order chi connectivity index (χ1) is 16.7. The Balaban J connectivity index is 1.28. The molecule has 1 amide bonds. The fourth-order valence-corrected chi connectivity index (χ4v) is 5.25. The molecule has 0 spiro atoms. The summed E-state index contributed by atoms with van der Waals surface area (Å²) >= 11 is 0. The zero-order chi connectivity index (χ0) is 24.7. The summed E-state index contributed by atoms with van der Waals surface area (Å²) in [4.78, 5) is 16.5. The van der Waals surface area contributed by atoms with Crippen molar-refractivity contribution in [1.82, 2.24) is 25.4 Å². The highest BCUT2D eigenvalue weighted by Crippen LogP contribution is 2.43. The van der Waals surface area contributed by atoms with Crippen LogP contribution in [0.4, 0.5) is 18.9 Å². The number of aromatic hydroxyl groups is 1. The first kappa shape index (κ1) is 23.4. The minimum absolute atomic E-state index is 0.00735. The van der Waals surface area contributed by atoms with Gasteiger partial charge in [0.1, 0.15) is 11.4 Å². The number of phenols is 1. The molecule has 0 radical (unpaired) electrons. The van der Waals surface area contributed by atoms with Crippen molar-refractivity contribution >= 4 is 22.5 Å². The normalized spacial score (nSPS) is 23.0. The lowest BCUT2D eigenvalue weighted by Gasteiger charge is -2.30. The molecule has 1 saturated carbocycles. The molecule has 2 aliphatic rings. The number of carbonyl (C=O) groups is 1. The number of hydrogen-bond acceptors (Lipinski definition) is 6. The summed E-state index contributed by atoms with van der Waals surface area (Å²) in [5.74, 6) is -0.288. The van der Waals surface area contributed by atoms with Crippen molar-refractivity contribution in [1.29, 1.82) is 0 Å². The maximum Gasteiger partial charge on any atom is 0.433 e. The minimum atomic E-state index is -4.61. The minimum Gasteiger partial charge on any atom is -0.508 e. The molecular formula is C24H27F3N6O2. The summed E-state index contributed by atoms with van der Waals surface area (Å²) in [5, 5.41) is 21.6. The molecule has 1 aliphatic heterocycles. The van der Waals surface area contributed by atoms with Crippen LogP contribution in [-0.2, 0) is 6.18 Å². The number of fused-ring (bicyclic) bond motifs is 1. The number of benzene rings is 1. The Morgan fingerprint density at radius 1 is 1.20 bits per heavy atom. The Morgan fingerprint density at radius 2 is 1.97 bits per heavy atom. The molecule has 1 atom stereocenters. The average molecular weight is 489 g/mol. The monoisotopic (exact) mass is 488 g/mol. The maximum atomic E-state index is 13.2. The Kier molecular flexibility index (Phi) is 6.04. The van der Waals surface area contributed by atoms with E-state index in [1.54, 1.807) is 12.4 Å². The lowest BCUT2D eigenvalue weighted by atomic mass is 9.79. The highest BCUT2D eigenvalue weighted by atomic mass is 19.4. The molecule has 35 heavy (non-hydrogen) atoms. The predicted molar refractivity (Wildman–Crippen MR) is 124 cm³/mol. The molecule has 3 aromatic rings. The molecule has 8 nitrogen and oxygen atoms in total. The number of amides is 1. The number of nitrogen functional groups attached to an aromatic ring is 1. The Hall–Kier alpha value is -3.34. The van der Waals surface area contributed by atoms with E-state index in [-0.39, 0.29) is 40.9 Å². The van der Waals surface area contributed by atoms with Crippen molar-refractivity contribution in [2.75, 3.05) is 18.8 Å². The van der Waals surface area contributed by atoms with Crippen LogP contribution in [0.25, 0.3) is 10.9 Å². The number of halogens is 3. The smallest absolute Gasteiger partial charge is 0.433 e. The standard InChI is InChI=1S/C24H27F3N6O2/c25-24(26,27)20-9-17(28)22-18(32-20)5-6-19(34)21(22)13-1-3-15(4-2-13)31-23(35)14-10-30-33(12-14)16-7-8-29-11-16/h5-6,9-10,12-13,15-16,29,34H,1-4,7-8,11H2,(H2,28,32)(H,31,35)/t13?,15?,16-/m0/s1. The predicted octanol–water partition coefficient (Wildman–Crippen LogP) is 3.73. The third kappa shape index (κ3) is 4.64. The summed E-state index contributed by atoms with van der Waals surface area (Å²) in [6.45, 7) is 1.78. The third-order valence-corrected chi connectivity index (χ3v) is 7.06. The van der Waals surface area contributed by atoms with Gasteiger partial charge in [0.15, 0.2) is 0 Å². The highest BCUT2D eigenvalue weighted by molar-refractivity contribution is 5.95. The molecule has 5 N–H and O–H groups in total. The van der Waals surface area contributed by atoms with E-state index in [1.807, 2.05) is 4.68 Å². The summed E-state index contributed by atoms with van der Waals surface area (Å²) in [6.07, 6.45) is 2.35. The van der Waals surface area contributed by atoms with Gasteiger partial charge in [-0.25, -0.2) is 4.98 Å². The zero-order valence-corrected chi connectivity index (χ0v) is 19.0. The number of nitrogens with two attached hydrogens (primary N) is 1. The van der Waals surface area contributed by atoms with E-state index >= 15 is 0 Å². The van der Waals surface area contributed by atoms with Gasteiger partial charge in [0.25, 0.3) is 5.91 Å². The molecule has 3 heterocycles. The SMILES string of the molecule is Nc1cc(C(F)(F)F)nc2ccc(O)c(C3CCC(NC(=O)c4cnn([C@H]5CCNC5)c4)CC3)c12. The van der Waals surface area contributed by atoms with Crippen molar-refractivity contribution < 1.29 is 23.1 Å². The Bertz CT molecular complexity index is 1240. The molecule has 1 aromatic carbocycles. The Labute approximate surface area is 199 Å². The van der Waals surface area contributed by atoms with Crippen molar-refractivity contribution in [2.45, 2.75) is 56.3 Å². The molecule has 186 valence electrons. The van der Waals surface area contributed by atoms with E-state index in [1.165, 1.54) is 12.1 Å². The number of hydrogen-bond donors (Lipinski definition) is 4. The van der Waals surface area contributed by atoms with Gasteiger partial charge in [-0.05, 0) is 62.8 Å². The van der Waals surface area contributed by atoms with Crippen molar-refractivity contribution in [3.8, 4) is 5.75 Å². The molecule has 5 rings (SSSR count). The van der Waals surface area contributed by atoms with Gasteiger partial charge in [0.05, 0.1) is 23.3 Å². The molecule has 1 saturated heterocycles. The van der Waals surface area contributed by atoms with Gasteiger partial charge in [-0.2, -0.15) is 18.3 Å². The molecule has 2 aromatic heterocycles. The van der Waals surface area contributed by atoms with Crippen molar-refractivity contribution in [3.63, 3.8) is 0 Å². The van der Waals surface area contributed by atoms with E-state index in [4.69, 9.17) is 5.73 Å². The molecule has 2 fully saturated rings. The van der Waals surface area contributed by atoms with Crippen LogP contribution in [0.15, 0.2) is 30.6 Å². The fourth-order valence-electron chi connectivity index (χ4n) is 5.25. The lowest BCUT2D eigenvalue weighted by Crippen LogP contribution is -2.37. The van der Waals surface area contributed by atoms with Crippen LogP contribution in [0.5, 0.6) is 5.75 Å². The molecular weight excluding hydrogens is 461 g/mol. The average Bonchev–Trinajstić information content (AvgIpc) is 3.51. The largest absolute Gasteiger partial charge is 0.508 e. The second-order valence-electron chi connectivity index (χ2n) is 9.36. The summed E-state index contributed by atoms with van der Waals surface area (Å²) < 4.78 is 41.3. The second-order valence-corrected chi connectivity index (χ2v) is 9.36. The van der Waals surface area contributed by atoms with Gasteiger partial charge in [0, 0.05) is 35.4 Å². The number of aromatic nitrogens is 3. The third-order valence-electron chi connectivity index (χ3n) is 7.06. The molecule has 0 unspecified atom stereocenters. The number of rotatable bonds is 4. The van der Waals surface area contributed by atoms with E-state index in [9.17, 15) is 23.1 Å². The zero-order valence-electron chi connectivity index (χ0n) is 19.0. The topological polar surface area (TPSA) is 118 Å². The highest BCUT2D eigenvalue weighted by Gasteiger charge is 2.34. The quantitative estimate of drug-likeness (QED) is 0.445. The Morgan fingerprint density at radius 3 is 2.66 bits per heavy atom. The van der Waals surface area contributed by atoms with Crippen LogP contribution in [-0.4, -0.2) is 44.9 Å². The molecule has 11 heteroatoms. The van der Waals surface area contributed by atoms with Crippen LogP contribution in [0, 0.1) is 0 Å². The number of nitrogens with one attached hydrogen (secondary N) is 2. The van der Waals surface area contributed by atoms with E-state index < -0.39 is 11.9 Å². The van der Waals surface area contributed by atoms with Crippen LogP contribution in [0.2, 0.25) is 0 Å². The van der Waals surface area contributed by atoms with Gasteiger partial charge >= 0.3 is 6.18 Å². The fraction of sp³-hybridized carbons (Fsp3) is 0.458. The maximum absolute atomic E-state index is 13.2. The van der Waals surface area contributed by atoms with Crippen molar-refractivity contribution in [2.24, 2.45) is 0 Å². The van der Waals surface area contributed by atoms with Crippen LogP contribution >= 0.6 is 0 Å². The number of pyridine rings is 1. The lowest BCUT2D eigenvalue weighted by molar-refractivity contribution is -0.140. The number of alkyl halides is 3. The van der Waals surface area contributed by atoms with E-state index in [2.05, 4.69) is 20.7 Å².